The molecule has 0 heterocycles. The molecule has 0 aromatic heterocycles. The maximum absolute atomic E-state index is 12.3. The van der Waals surface area contributed by atoms with Gasteiger partial charge in [-0.1, -0.05) is 37.3 Å². The summed E-state index contributed by atoms with van der Waals surface area (Å²) in [6.07, 6.45) is 2.89. The lowest BCUT2D eigenvalue weighted by atomic mass is 9.79. The number of hydrogen-bond acceptors (Lipinski definition) is 3. The van der Waals surface area contributed by atoms with Crippen molar-refractivity contribution in [2.45, 2.75) is 44.3 Å². The fourth-order valence-electron chi connectivity index (χ4n) is 2.84. The Bertz CT molecular complexity index is 452. The predicted molar refractivity (Wildman–Crippen MR) is 81.8 cm³/mol. The van der Waals surface area contributed by atoms with E-state index in [2.05, 4.69) is 12.2 Å². The molecule has 4 nitrogen and oxygen atoms in total. The third-order valence-corrected chi connectivity index (χ3v) is 4.37. The Kier molecular flexibility index (Phi) is 5.37. The van der Waals surface area contributed by atoms with Gasteiger partial charge in [-0.3, -0.25) is 4.79 Å². The molecule has 2 rings (SSSR count). The highest BCUT2D eigenvalue weighted by atomic mass is 16.5. The minimum absolute atomic E-state index is 0.198. The molecule has 1 aliphatic carbocycles. The second kappa shape index (κ2) is 7.05. The first-order valence-electron chi connectivity index (χ1n) is 7.62. The lowest BCUT2D eigenvalue weighted by molar-refractivity contribution is -0.133. The molecule has 1 aromatic carbocycles. The predicted octanol–water partition coefficient (Wildman–Crippen LogP) is 2.43. The van der Waals surface area contributed by atoms with Crippen LogP contribution in [0.15, 0.2) is 30.3 Å². The van der Waals surface area contributed by atoms with E-state index in [1.807, 2.05) is 30.3 Å². The molecule has 0 saturated heterocycles. The summed E-state index contributed by atoms with van der Waals surface area (Å²) >= 11 is 0. The van der Waals surface area contributed by atoms with Crippen LogP contribution < -0.4 is 5.32 Å². The quantitative estimate of drug-likeness (QED) is 0.876. The van der Waals surface area contributed by atoms with Crippen molar-refractivity contribution in [2.24, 2.45) is 5.92 Å². The molecular weight excluding hydrogens is 266 g/mol. The molecule has 1 aromatic rings. The van der Waals surface area contributed by atoms with E-state index in [0.717, 1.165) is 31.2 Å². The highest BCUT2D eigenvalue weighted by Crippen LogP contribution is 2.31. The van der Waals surface area contributed by atoms with Crippen LogP contribution in [0.4, 0.5) is 0 Å². The van der Waals surface area contributed by atoms with Crippen LogP contribution in [0.3, 0.4) is 0 Å². The Morgan fingerprint density at radius 1 is 1.38 bits per heavy atom. The SMILES string of the molecule is COC(C(=O)NCC1(O)CCC(C)CC1)c1ccccc1. The standard InChI is InChI=1S/C17H25NO3/c1-13-8-10-17(20,11-9-13)12-18-16(19)15(21-2)14-6-4-3-5-7-14/h3-7,13,15,20H,8-12H2,1-2H3,(H,18,19). The van der Waals surface area contributed by atoms with Crippen LogP contribution >= 0.6 is 0 Å². The highest BCUT2D eigenvalue weighted by Gasteiger charge is 2.33. The van der Waals surface area contributed by atoms with Gasteiger partial charge in [0.25, 0.3) is 5.91 Å². The fraction of sp³-hybridized carbons (Fsp3) is 0.588. The van der Waals surface area contributed by atoms with Gasteiger partial charge in [0.05, 0.1) is 5.60 Å². The molecular formula is C17H25NO3. The van der Waals surface area contributed by atoms with E-state index in [4.69, 9.17) is 4.74 Å². The van der Waals surface area contributed by atoms with E-state index in [9.17, 15) is 9.90 Å². The Morgan fingerprint density at radius 3 is 2.57 bits per heavy atom. The van der Waals surface area contributed by atoms with E-state index in [1.165, 1.54) is 7.11 Å². The van der Waals surface area contributed by atoms with Gasteiger partial charge in [-0.25, -0.2) is 0 Å². The summed E-state index contributed by atoms with van der Waals surface area (Å²) in [5.74, 6) is 0.466. The first-order chi connectivity index (χ1) is 10.0. The number of ether oxygens (including phenoxy) is 1. The van der Waals surface area contributed by atoms with Gasteiger partial charge in [-0.2, -0.15) is 0 Å². The molecule has 1 atom stereocenters. The van der Waals surface area contributed by atoms with Crippen LogP contribution in [-0.2, 0) is 9.53 Å². The number of amides is 1. The van der Waals surface area contributed by atoms with Crippen molar-refractivity contribution in [1.82, 2.24) is 5.32 Å². The Labute approximate surface area is 126 Å². The molecule has 1 aliphatic rings. The summed E-state index contributed by atoms with van der Waals surface area (Å²) in [7, 11) is 1.52. The van der Waals surface area contributed by atoms with Crippen molar-refractivity contribution >= 4 is 5.91 Å². The average Bonchev–Trinajstić information content (AvgIpc) is 2.51. The number of hydrogen-bond donors (Lipinski definition) is 2. The van der Waals surface area contributed by atoms with Crippen molar-refractivity contribution in [3.8, 4) is 0 Å². The summed E-state index contributed by atoms with van der Waals surface area (Å²) in [4.78, 5) is 12.3. The van der Waals surface area contributed by atoms with Gasteiger partial charge in [0.2, 0.25) is 0 Å². The van der Waals surface area contributed by atoms with E-state index in [-0.39, 0.29) is 5.91 Å². The lowest BCUT2D eigenvalue weighted by Crippen LogP contribution is -2.46. The molecule has 2 N–H and O–H groups in total. The fourth-order valence-corrected chi connectivity index (χ4v) is 2.84. The van der Waals surface area contributed by atoms with E-state index in [0.29, 0.717) is 12.5 Å². The molecule has 1 amide bonds. The maximum Gasteiger partial charge on any atom is 0.253 e. The van der Waals surface area contributed by atoms with Crippen molar-refractivity contribution < 1.29 is 14.6 Å². The molecule has 116 valence electrons. The minimum Gasteiger partial charge on any atom is -0.388 e. The minimum atomic E-state index is -0.767. The smallest absolute Gasteiger partial charge is 0.253 e. The molecule has 21 heavy (non-hydrogen) atoms. The second-order valence-corrected chi connectivity index (χ2v) is 6.15. The number of carbonyl (C=O) groups is 1. The monoisotopic (exact) mass is 291 g/mol. The topological polar surface area (TPSA) is 58.6 Å². The van der Waals surface area contributed by atoms with Crippen LogP contribution in [-0.4, -0.2) is 30.3 Å². The van der Waals surface area contributed by atoms with Crippen LogP contribution in [0.5, 0.6) is 0 Å². The Morgan fingerprint density at radius 2 is 2.00 bits per heavy atom. The first-order valence-corrected chi connectivity index (χ1v) is 7.62. The van der Waals surface area contributed by atoms with Gasteiger partial charge in [-0.15, -0.1) is 0 Å². The summed E-state index contributed by atoms with van der Waals surface area (Å²) < 4.78 is 5.29. The first kappa shape index (κ1) is 16.0. The van der Waals surface area contributed by atoms with Crippen LogP contribution in [0.2, 0.25) is 0 Å². The molecule has 4 heteroatoms. The summed E-state index contributed by atoms with van der Waals surface area (Å²) in [5, 5.41) is 13.4. The van der Waals surface area contributed by atoms with E-state index in [1.54, 1.807) is 0 Å². The number of methoxy groups -OCH3 is 1. The van der Waals surface area contributed by atoms with Crippen molar-refractivity contribution in [1.29, 1.82) is 0 Å². The van der Waals surface area contributed by atoms with E-state index < -0.39 is 11.7 Å². The molecule has 0 aliphatic heterocycles. The number of aliphatic hydroxyl groups is 1. The molecule has 1 unspecified atom stereocenters. The van der Waals surface area contributed by atoms with Gasteiger partial charge in [-0.05, 0) is 37.2 Å². The van der Waals surface area contributed by atoms with Gasteiger partial charge >= 0.3 is 0 Å². The van der Waals surface area contributed by atoms with Gasteiger partial charge in [0.15, 0.2) is 6.10 Å². The van der Waals surface area contributed by atoms with Crippen molar-refractivity contribution in [3.05, 3.63) is 35.9 Å². The second-order valence-electron chi connectivity index (χ2n) is 6.15. The zero-order valence-corrected chi connectivity index (χ0v) is 12.8. The zero-order valence-electron chi connectivity index (χ0n) is 12.8. The number of nitrogens with one attached hydrogen (secondary N) is 1. The van der Waals surface area contributed by atoms with Crippen molar-refractivity contribution in [3.63, 3.8) is 0 Å². The molecule has 1 fully saturated rings. The maximum atomic E-state index is 12.3. The van der Waals surface area contributed by atoms with Crippen LogP contribution in [0.25, 0.3) is 0 Å². The highest BCUT2D eigenvalue weighted by molar-refractivity contribution is 5.82. The average molecular weight is 291 g/mol. The number of benzene rings is 1. The molecule has 0 bridgehead atoms. The van der Waals surface area contributed by atoms with E-state index >= 15 is 0 Å². The largest absolute Gasteiger partial charge is 0.388 e. The summed E-state index contributed by atoms with van der Waals surface area (Å²) in [6.45, 7) is 2.50. The zero-order chi connectivity index (χ0) is 15.3. The normalized spacial score (nSPS) is 27.1. The number of rotatable bonds is 5. The van der Waals surface area contributed by atoms with Gasteiger partial charge in [0.1, 0.15) is 0 Å². The molecule has 0 spiro atoms. The Hall–Kier alpha value is -1.39. The van der Waals surface area contributed by atoms with Crippen LogP contribution in [0.1, 0.15) is 44.3 Å². The Balaban J connectivity index is 1.91. The lowest BCUT2D eigenvalue weighted by Gasteiger charge is -2.35. The van der Waals surface area contributed by atoms with Gasteiger partial charge in [0, 0.05) is 13.7 Å². The molecule has 1 saturated carbocycles. The van der Waals surface area contributed by atoms with Crippen molar-refractivity contribution in [2.75, 3.05) is 13.7 Å². The third-order valence-electron chi connectivity index (χ3n) is 4.37. The number of carbonyl (C=O) groups excluding carboxylic acids is 1. The van der Waals surface area contributed by atoms with Crippen LogP contribution in [0, 0.1) is 5.92 Å². The third kappa shape index (κ3) is 4.29. The summed E-state index contributed by atoms with van der Waals surface area (Å²) in [5.41, 5.74) is 0.0544. The summed E-state index contributed by atoms with van der Waals surface area (Å²) in [6, 6.07) is 9.39. The molecule has 0 radical (unpaired) electrons. The van der Waals surface area contributed by atoms with Gasteiger partial charge < -0.3 is 15.2 Å².